The molecule has 3 N–H and O–H groups in total. The molecule has 2 fully saturated rings. The number of nitrogens with zero attached hydrogens (tertiary/aromatic N) is 5. The molecule has 2 aliphatic heterocycles. The molecule has 12 nitrogen and oxygen atoms in total. The van der Waals surface area contributed by atoms with E-state index in [1.165, 1.54) is 24.5 Å². The minimum absolute atomic E-state index is 0.0207. The number of anilines is 4. The van der Waals surface area contributed by atoms with E-state index in [0.29, 0.717) is 53.4 Å². The van der Waals surface area contributed by atoms with E-state index in [0.717, 1.165) is 56.9 Å². The number of fused-ring (bicyclic) bond motifs is 1. The smallest absolute Gasteiger partial charge is 0.328 e. The topological polar surface area (TPSA) is 132 Å². The summed E-state index contributed by atoms with van der Waals surface area (Å²) in [5, 5.41) is 8.93. The highest BCUT2D eigenvalue weighted by Gasteiger charge is 2.25. The second-order valence-electron chi connectivity index (χ2n) is 11.8. The zero-order valence-corrected chi connectivity index (χ0v) is 27.5. The number of amides is 4. The lowest BCUT2D eigenvalue weighted by Gasteiger charge is -2.35. The molecule has 0 unspecified atom stereocenters. The molecular formula is C35H36ClFN8O4. The number of hydrogen-bond acceptors (Lipinski definition) is 9. The van der Waals surface area contributed by atoms with Crippen LogP contribution in [0.3, 0.4) is 0 Å². The lowest BCUT2D eigenvalue weighted by atomic mass is 10.1. The van der Waals surface area contributed by atoms with Crippen molar-refractivity contribution in [2.45, 2.75) is 19.4 Å². The first-order chi connectivity index (χ1) is 23.7. The van der Waals surface area contributed by atoms with Crippen LogP contribution in [0.25, 0.3) is 10.9 Å². The number of nitrogens with one attached hydrogen (secondary N) is 3. The van der Waals surface area contributed by atoms with Gasteiger partial charge in [0.05, 0.1) is 22.8 Å². The second-order valence-corrected chi connectivity index (χ2v) is 12.2. The Morgan fingerprint density at radius 2 is 1.86 bits per heavy atom. The number of benzene rings is 3. The number of imide groups is 1. The van der Waals surface area contributed by atoms with Gasteiger partial charge in [-0.3, -0.25) is 24.7 Å². The van der Waals surface area contributed by atoms with E-state index in [9.17, 15) is 18.8 Å². The SMILES string of the molecule is C=CC(=O)Nc1cc2c(Nc3ccc(F)c(Cl)c3)ncnc2cc1OCCCN1CCN(Cc2cccc(N3CCC(=O)NC3=O)c2)CC1. The molecule has 254 valence electrons. The van der Waals surface area contributed by atoms with Gasteiger partial charge in [0, 0.05) is 75.1 Å². The molecule has 0 aliphatic carbocycles. The summed E-state index contributed by atoms with van der Waals surface area (Å²) in [4.78, 5) is 51.2. The van der Waals surface area contributed by atoms with Crippen LogP contribution in [0.2, 0.25) is 5.02 Å². The Balaban J connectivity index is 1.02. The molecule has 1 aromatic heterocycles. The molecule has 0 spiro atoms. The van der Waals surface area contributed by atoms with E-state index < -0.39 is 5.82 Å². The first-order valence-electron chi connectivity index (χ1n) is 16.0. The number of piperazine rings is 1. The second kappa shape index (κ2) is 15.4. The van der Waals surface area contributed by atoms with Crippen molar-refractivity contribution >= 4 is 63.2 Å². The van der Waals surface area contributed by atoms with E-state index in [4.69, 9.17) is 16.3 Å². The van der Waals surface area contributed by atoms with Gasteiger partial charge in [0.15, 0.2) is 0 Å². The Hall–Kier alpha value is -5.11. The van der Waals surface area contributed by atoms with Crippen LogP contribution < -0.4 is 25.6 Å². The summed E-state index contributed by atoms with van der Waals surface area (Å²) in [5.41, 5.74) is 3.49. The summed E-state index contributed by atoms with van der Waals surface area (Å²) in [7, 11) is 0. The standard InChI is InChI=1S/C35H36ClFN8O4/c1-2-32(46)41-30-19-26-29(38-22-39-34(26)40-24-7-8-28(37)27(36)18-24)20-31(30)49-16-4-10-43-12-14-44(15-13-43)21-23-5-3-6-25(17-23)45-11-9-33(47)42-35(45)48/h2-3,5-8,17-20,22H,1,4,9-16,21H2,(H,41,46)(H,38,39,40)(H,42,47,48). The molecule has 0 radical (unpaired) electrons. The van der Waals surface area contributed by atoms with Gasteiger partial charge in [0.2, 0.25) is 11.8 Å². The van der Waals surface area contributed by atoms with Crippen LogP contribution in [0, 0.1) is 5.82 Å². The molecule has 14 heteroatoms. The highest BCUT2D eigenvalue weighted by Crippen LogP contribution is 2.34. The first kappa shape index (κ1) is 33.8. The normalized spacial score (nSPS) is 15.6. The van der Waals surface area contributed by atoms with Crippen LogP contribution in [-0.2, 0) is 16.1 Å². The number of carbonyl (C=O) groups excluding carboxylic acids is 3. The predicted molar refractivity (Wildman–Crippen MR) is 187 cm³/mol. The predicted octanol–water partition coefficient (Wildman–Crippen LogP) is 5.32. The highest BCUT2D eigenvalue weighted by molar-refractivity contribution is 6.31. The Labute approximate surface area is 287 Å². The van der Waals surface area contributed by atoms with Crippen molar-refractivity contribution in [3.05, 3.63) is 90.0 Å². The van der Waals surface area contributed by atoms with Crippen LogP contribution in [0.4, 0.5) is 32.1 Å². The van der Waals surface area contributed by atoms with Gasteiger partial charge in [-0.2, -0.15) is 0 Å². The number of halogens is 2. The Morgan fingerprint density at radius 1 is 1.04 bits per heavy atom. The minimum atomic E-state index is -0.525. The minimum Gasteiger partial charge on any atom is -0.491 e. The maximum atomic E-state index is 13.7. The zero-order valence-electron chi connectivity index (χ0n) is 26.8. The summed E-state index contributed by atoms with van der Waals surface area (Å²) in [6, 6.07) is 15.3. The molecule has 4 amide bonds. The van der Waals surface area contributed by atoms with Crippen molar-refractivity contribution in [3.8, 4) is 5.75 Å². The average Bonchev–Trinajstić information content (AvgIpc) is 3.09. The molecule has 0 atom stereocenters. The Kier molecular flexibility index (Phi) is 10.6. The third-order valence-electron chi connectivity index (χ3n) is 8.39. The van der Waals surface area contributed by atoms with Crippen molar-refractivity contribution in [2.24, 2.45) is 0 Å². The average molecular weight is 687 g/mol. The van der Waals surface area contributed by atoms with Crippen molar-refractivity contribution in [3.63, 3.8) is 0 Å². The maximum Gasteiger partial charge on any atom is 0.328 e. The van der Waals surface area contributed by atoms with E-state index in [1.807, 2.05) is 18.2 Å². The van der Waals surface area contributed by atoms with E-state index in [2.05, 4.69) is 48.4 Å². The Bertz CT molecular complexity index is 1880. The number of hydrogen-bond donors (Lipinski definition) is 3. The summed E-state index contributed by atoms with van der Waals surface area (Å²) in [5.74, 6) is -0.237. The molecule has 0 bridgehead atoms. The lowest BCUT2D eigenvalue weighted by molar-refractivity contribution is -0.120. The summed E-state index contributed by atoms with van der Waals surface area (Å²) in [6.07, 6.45) is 3.66. The molecule has 4 aromatic rings. The van der Waals surface area contributed by atoms with Crippen LogP contribution in [-0.4, -0.2) is 83.5 Å². The van der Waals surface area contributed by atoms with Gasteiger partial charge in [0.25, 0.3) is 0 Å². The molecular weight excluding hydrogens is 651 g/mol. The molecule has 3 heterocycles. The third kappa shape index (κ3) is 8.49. The van der Waals surface area contributed by atoms with Gasteiger partial charge >= 0.3 is 6.03 Å². The molecule has 2 aliphatic rings. The highest BCUT2D eigenvalue weighted by atomic mass is 35.5. The maximum absolute atomic E-state index is 13.7. The van der Waals surface area contributed by atoms with Crippen LogP contribution in [0.15, 0.2) is 73.6 Å². The number of aromatic nitrogens is 2. The molecule has 0 saturated carbocycles. The number of rotatable bonds is 12. The van der Waals surface area contributed by atoms with Crippen molar-refractivity contribution < 1.29 is 23.5 Å². The largest absolute Gasteiger partial charge is 0.491 e. The first-order valence-corrected chi connectivity index (χ1v) is 16.4. The van der Waals surface area contributed by atoms with Crippen LogP contribution in [0.1, 0.15) is 18.4 Å². The molecule has 3 aromatic carbocycles. The van der Waals surface area contributed by atoms with Gasteiger partial charge in [-0.1, -0.05) is 30.3 Å². The monoisotopic (exact) mass is 686 g/mol. The number of carbonyl (C=O) groups is 3. The van der Waals surface area contributed by atoms with Crippen molar-refractivity contribution in [1.29, 1.82) is 0 Å². The van der Waals surface area contributed by atoms with Crippen molar-refractivity contribution in [2.75, 3.05) is 61.4 Å². The van der Waals surface area contributed by atoms with E-state index in [1.54, 1.807) is 23.1 Å². The third-order valence-corrected chi connectivity index (χ3v) is 8.68. The fourth-order valence-corrected chi connectivity index (χ4v) is 6.01. The number of urea groups is 1. The van der Waals surface area contributed by atoms with Gasteiger partial charge in [0.1, 0.15) is 23.7 Å². The van der Waals surface area contributed by atoms with Gasteiger partial charge < -0.3 is 20.3 Å². The Morgan fingerprint density at radius 3 is 2.63 bits per heavy atom. The van der Waals surface area contributed by atoms with Crippen molar-refractivity contribution in [1.82, 2.24) is 25.1 Å². The summed E-state index contributed by atoms with van der Waals surface area (Å²) < 4.78 is 19.8. The quantitative estimate of drug-likeness (QED) is 0.134. The molecule has 6 rings (SSSR count). The fraction of sp³-hybridized carbons (Fsp3) is 0.286. The summed E-state index contributed by atoms with van der Waals surface area (Å²) in [6.45, 7) is 9.64. The van der Waals surface area contributed by atoms with Gasteiger partial charge in [-0.05, 0) is 54.5 Å². The van der Waals surface area contributed by atoms with Gasteiger partial charge in [-0.25, -0.2) is 19.2 Å². The molecule has 49 heavy (non-hydrogen) atoms. The summed E-state index contributed by atoms with van der Waals surface area (Å²) >= 11 is 5.95. The van der Waals surface area contributed by atoms with Gasteiger partial charge in [-0.15, -0.1) is 0 Å². The van der Waals surface area contributed by atoms with E-state index in [-0.39, 0.29) is 22.9 Å². The van der Waals surface area contributed by atoms with Crippen LogP contribution >= 0.6 is 11.6 Å². The molecule has 2 saturated heterocycles. The fourth-order valence-electron chi connectivity index (χ4n) is 5.83. The zero-order chi connectivity index (χ0) is 34.3. The van der Waals surface area contributed by atoms with Crippen LogP contribution in [0.5, 0.6) is 5.75 Å². The van der Waals surface area contributed by atoms with E-state index >= 15 is 0 Å². The number of ether oxygens (including phenoxy) is 1. The lowest BCUT2D eigenvalue weighted by Crippen LogP contribution is -2.49.